The molecule has 0 aliphatic rings. The van der Waals surface area contributed by atoms with E-state index in [1.54, 1.807) is 0 Å². The molecule has 0 unspecified atom stereocenters. The number of carbonyl (C=O) groups excluding carboxylic acids is 2. The van der Waals surface area contributed by atoms with Crippen LogP contribution < -0.4 is 21.7 Å². The maximum Gasteiger partial charge on any atom is 2.00 e. The smallest absolute Gasteiger partial charge is 0.759 e. The zero-order valence-corrected chi connectivity index (χ0v) is 20.9. The second-order valence-corrected chi connectivity index (χ2v) is 6.17. The van der Waals surface area contributed by atoms with Crippen molar-refractivity contribution in [1.29, 1.82) is 0 Å². The van der Waals surface area contributed by atoms with Gasteiger partial charge >= 0.3 is 63.1 Å². The van der Waals surface area contributed by atoms with Gasteiger partial charge in [0.1, 0.15) is 0 Å². The molecule has 0 spiro atoms. The summed E-state index contributed by atoms with van der Waals surface area (Å²) in [7, 11) is -10.3. The summed E-state index contributed by atoms with van der Waals surface area (Å²) in [6, 6.07) is -2.34. The number of rotatable bonds is 8. The first-order valence-corrected chi connectivity index (χ1v) is 9.44. The first-order valence-electron chi connectivity index (χ1n) is 6.77. The fourth-order valence-corrected chi connectivity index (χ4v) is 0.794. The molecule has 0 aliphatic carbocycles. The summed E-state index contributed by atoms with van der Waals surface area (Å²) in [6.45, 7) is 0. The zero-order chi connectivity index (χ0) is 25.3. The summed E-state index contributed by atoms with van der Waals surface area (Å²) in [4.78, 5) is 39.5. The molecule has 0 saturated carbocycles. The Labute approximate surface area is 219 Å². The Hall–Kier alpha value is -0.902. The standard InChI is InChI=1S/2C5H9NO4.3Mn.2H2O4S/c2*6-3(5(9)10)1-2-4(7)8;;;;2*1-5(2,3)4/h2*3H,1-2,6H2,(H,7,8)(H,9,10);;;;2*(H2,1,2,3,4)/q;;3*+2;;/p-6/t2*3-;;;;;/m00...../s1. The average Bonchev–Trinajstić information content (AvgIpc) is 2.47. The Bertz CT molecular complexity index is 680. The van der Waals surface area contributed by atoms with Gasteiger partial charge in [-0.3, -0.25) is 26.4 Å². The molecule has 0 amide bonds. The Morgan fingerprint density at radius 2 is 0.788 bits per heavy atom. The number of nitrogens with two attached hydrogens (primary N) is 2. The van der Waals surface area contributed by atoms with Gasteiger partial charge in [-0.25, -0.2) is 0 Å². The third-order valence-corrected chi connectivity index (χ3v) is 1.94. The third-order valence-electron chi connectivity index (χ3n) is 1.94. The number of aliphatic carboxylic acids is 4. The second kappa shape index (κ2) is 25.7. The van der Waals surface area contributed by atoms with E-state index < -0.39 is 56.8 Å². The number of hydrogen-bond acceptors (Lipinski definition) is 16. The molecule has 0 aromatic rings. The minimum absolute atomic E-state index is 0. The van der Waals surface area contributed by atoms with Gasteiger partial charge in [0, 0.05) is 45.7 Å². The molecule has 3 radical (unpaired) electrons. The average molecular weight is 649 g/mol. The number of carboxylic acid groups (broad SMARTS) is 4. The van der Waals surface area contributed by atoms with Crippen LogP contribution in [0, 0.1) is 0 Å². The molecule has 6 N–H and O–H groups in total. The van der Waals surface area contributed by atoms with Gasteiger partial charge in [0.05, 0.1) is 11.9 Å². The van der Waals surface area contributed by atoms with Crippen LogP contribution in [0.2, 0.25) is 0 Å². The van der Waals surface area contributed by atoms with Gasteiger partial charge in [0.15, 0.2) is 0 Å². The first kappa shape index (κ1) is 49.3. The van der Waals surface area contributed by atoms with Crippen molar-refractivity contribution in [2.24, 2.45) is 11.5 Å². The van der Waals surface area contributed by atoms with Crippen LogP contribution in [0.3, 0.4) is 0 Å². The Kier molecular flexibility index (Phi) is 38.4. The fraction of sp³-hybridized carbons (Fsp3) is 0.600. The summed E-state index contributed by atoms with van der Waals surface area (Å²) < 4.78 is 68.2. The molecule has 0 fully saturated rings. The molecule has 0 rings (SSSR count). The molecule has 0 bridgehead atoms. The molecule has 0 aliphatic heterocycles. The Balaban J connectivity index is -0.0000000556. The second-order valence-electron chi connectivity index (χ2n) is 4.53. The molecule has 0 saturated heterocycles. The van der Waals surface area contributed by atoms with Crippen molar-refractivity contribution in [2.75, 3.05) is 0 Å². The molecular weight excluding hydrogens is 633 g/mol. The molecule has 18 nitrogen and oxygen atoms in total. The monoisotopic (exact) mass is 649 g/mol. The summed E-state index contributed by atoms with van der Waals surface area (Å²) >= 11 is 0. The zero-order valence-electron chi connectivity index (χ0n) is 15.7. The van der Waals surface area contributed by atoms with Gasteiger partial charge in [-0.05, 0) is 12.8 Å². The van der Waals surface area contributed by atoms with E-state index in [9.17, 15) is 29.4 Å². The van der Waals surface area contributed by atoms with Crippen molar-refractivity contribution in [3.8, 4) is 0 Å². The van der Waals surface area contributed by atoms with Crippen LogP contribution in [0.25, 0.3) is 0 Å². The molecule has 23 heteroatoms. The third kappa shape index (κ3) is 90.1. The Morgan fingerprint density at radius 1 is 0.636 bits per heavy atom. The number of carbonyl (C=O) groups is 4. The van der Waals surface area contributed by atoms with Crippen molar-refractivity contribution in [3.05, 3.63) is 0 Å². The quantitative estimate of drug-likeness (QED) is 0.108. The largest absolute Gasteiger partial charge is 2.00 e. The minimum Gasteiger partial charge on any atom is -0.759 e. The van der Waals surface area contributed by atoms with Gasteiger partial charge in [-0.15, -0.1) is 0 Å². The minimum atomic E-state index is -5.17. The first-order chi connectivity index (χ1) is 13.1. The van der Waals surface area contributed by atoms with Crippen LogP contribution in [0.1, 0.15) is 25.7 Å². The molecule has 0 heterocycles. The topological polar surface area (TPSA) is 367 Å². The van der Waals surface area contributed by atoms with Crippen molar-refractivity contribution in [3.63, 3.8) is 0 Å². The molecule has 195 valence electrons. The molecule has 33 heavy (non-hydrogen) atoms. The molecule has 0 aromatic heterocycles. The van der Waals surface area contributed by atoms with Crippen LogP contribution in [0.15, 0.2) is 0 Å². The van der Waals surface area contributed by atoms with Crippen LogP contribution in [-0.2, 0) is 91.2 Å². The fourth-order valence-electron chi connectivity index (χ4n) is 0.794. The SMILES string of the molecule is N[C@@H](CCC(=O)O)C(=O)[O-].N[C@@H](CCC(=O)O)C(=O)[O-].O=S(=O)([O-])[O-].O=S(=O)([O-])[O-].[Mn+2].[Mn+2].[Mn+2]. The predicted molar refractivity (Wildman–Crippen MR) is 80.7 cm³/mol. The number of hydrogen-bond donors (Lipinski definition) is 4. The van der Waals surface area contributed by atoms with Crippen molar-refractivity contribution >= 4 is 44.7 Å². The maximum absolute atomic E-state index is 9.88. The van der Waals surface area contributed by atoms with Crippen molar-refractivity contribution < 1.29 is 126 Å². The van der Waals surface area contributed by atoms with Crippen molar-refractivity contribution in [2.45, 2.75) is 37.8 Å². The van der Waals surface area contributed by atoms with Gasteiger partial charge in [0.25, 0.3) is 0 Å². The van der Waals surface area contributed by atoms with Gasteiger partial charge < -0.3 is 59.7 Å². The molecule has 2 atom stereocenters. The number of carboxylic acids is 4. The summed E-state index contributed by atoms with van der Waals surface area (Å²) in [5, 5.41) is 35.9. The molecule has 0 aromatic carbocycles. The van der Waals surface area contributed by atoms with Crippen LogP contribution in [0.5, 0.6) is 0 Å². The van der Waals surface area contributed by atoms with Crippen LogP contribution in [-0.4, -0.2) is 81.2 Å². The van der Waals surface area contributed by atoms with E-state index in [2.05, 4.69) is 0 Å². The van der Waals surface area contributed by atoms with E-state index in [0.29, 0.717) is 0 Å². The summed E-state index contributed by atoms with van der Waals surface area (Å²) in [5.41, 5.74) is 9.88. The maximum atomic E-state index is 9.88. The van der Waals surface area contributed by atoms with Crippen LogP contribution in [0.4, 0.5) is 0 Å². The van der Waals surface area contributed by atoms with Gasteiger partial charge in [0.2, 0.25) is 0 Å². The van der Waals surface area contributed by atoms with E-state index in [-0.39, 0.29) is 76.9 Å². The van der Waals surface area contributed by atoms with Crippen molar-refractivity contribution in [1.82, 2.24) is 0 Å². The van der Waals surface area contributed by atoms with E-state index in [1.807, 2.05) is 0 Å². The van der Waals surface area contributed by atoms with E-state index in [4.69, 9.17) is 56.7 Å². The molecular formula is C10H16Mn3N2O16S2. The predicted octanol–water partition coefficient (Wildman–Crippen LogP) is -6.83. The van der Waals surface area contributed by atoms with Crippen LogP contribution >= 0.6 is 0 Å². The normalized spacial score (nSPS) is 11.1. The van der Waals surface area contributed by atoms with Gasteiger partial charge in [-0.2, -0.15) is 0 Å². The van der Waals surface area contributed by atoms with E-state index in [0.717, 1.165) is 0 Å². The summed E-state index contributed by atoms with van der Waals surface area (Å²) in [5.74, 6) is -4.95. The van der Waals surface area contributed by atoms with E-state index >= 15 is 0 Å². The van der Waals surface area contributed by atoms with E-state index in [1.165, 1.54) is 0 Å². The Morgan fingerprint density at radius 3 is 0.879 bits per heavy atom. The summed E-state index contributed by atoms with van der Waals surface area (Å²) in [6.07, 6.45) is -0.653. The van der Waals surface area contributed by atoms with Gasteiger partial charge in [-0.1, -0.05) is 0 Å².